The lowest BCUT2D eigenvalue weighted by molar-refractivity contribution is 0.0585. The molecular weight excluding hydrogens is 299 g/mol. The van der Waals surface area contributed by atoms with E-state index < -0.39 is 5.97 Å². The van der Waals surface area contributed by atoms with E-state index in [1.165, 1.54) is 19.5 Å². The smallest absolute Gasteiger partial charge is 0.377 e. The molecule has 7 heteroatoms. The lowest BCUT2D eigenvalue weighted by Gasteiger charge is -2.24. The van der Waals surface area contributed by atoms with Crippen LogP contribution in [0.15, 0.2) is 30.6 Å². The van der Waals surface area contributed by atoms with Gasteiger partial charge in [0.2, 0.25) is 0 Å². The first kappa shape index (κ1) is 15.6. The molecule has 1 saturated heterocycles. The Labute approximate surface area is 133 Å². The van der Waals surface area contributed by atoms with Crippen LogP contribution in [0.2, 0.25) is 0 Å². The van der Waals surface area contributed by atoms with Crippen molar-refractivity contribution >= 4 is 5.97 Å². The van der Waals surface area contributed by atoms with Crippen LogP contribution in [0, 0.1) is 5.82 Å². The fourth-order valence-corrected chi connectivity index (χ4v) is 2.98. The number of benzene rings is 1. The van der Waals surface area contributed by atoms with E-state index in [-0.39, 0.29) is 11.6 Å². The average Bonchev–Trinajstić information content (AvgIpc) is 3.17. The minimum Gasteiger partial charge on any atom is -0.463 e. The highest BCUT2D eigenvalue weighted by Gasteiger charge is 2.25. The second-order valence-electron chi connectivity index (χ2n) is 5.68. The van der Waals surface area contributed by atoms with Crippen LogP contribution in [-0.2, 0) is 17.8 Å². The number of ether oxygens (including phenoxy) is 1. The van der Waals surface area contributed by atoms with Crippen LogP contribution in [0.5, 0.6) is 0 Å². The van der Waals surface area contributed by atoms with Gasteiger partial charge in [0.15, 0.2) is 0 Å². The van der Waals surface area contributed by atoms with Crippen molar-refractivity contribution in [1.29, 1.82) is 0 Å². The molecule has 122 valence electrons. The molecule has 1 aliphatic heterocycles. The minimum absolute atomic E-state index is 0.0633. The Bertz CT molecular complexity index is 688. The van der Waals surface area contributed by atoms with Gasteiger partial charge in [-0.3, -0.25) is 4.90 Å². The molecule has 23 heavy (non-hydrogen) atoms. The second-order valence-corrected chi connectivity index (χ2v) is 5.68. The summed E-state index contributed by atoms with van der Waals surface area (Å²) in [5.74, 6) is -0.680. The zero-order valence-corrected chi connectivity index (χ0v) is 13.0. The fourth-order valence-electron chi connectivity index (χ4n) is 2.98. The van der Waals surface area contributed by atoms with Gasteiger partial charge in [-0.05, 0) is 37.0 Å². The maximum absolute atomic E-state index is 13.3. The first-order chi connectivity index (χ1) is 11.2. The number of hydrogen-bond acceptors (Lipinski definition) is 5. The largest absolute Gasteiger partial charge is 0.463 e. The van der Waals surface area contributed by atoms with Gasteiger partial charge in [-0.2, -0.15) is 0 Å². The van der Waals surface area contributed by atoms with Crippen LogP contribution in [0.25, 0.3) is 0 Å². The third kappa shape index (κ3) is 3.73. The van der Waals surface area contributed by atoms with Crippen molar-refractivity contribution in [2.75, 3.05) is 13.7 Å². The summed E-state index contributed by atoms with van der Waals surface area (Å²) in [5, 5.41) is 4.13. The minimum atomic E-state index is -0.540. The zero-order valence-electron chi connectivity index (χ0n) is 13.0. The van der Waals surface area contributed by atoms with Gasteiger partial charge in [0.1, 0.15) is 12.1 Å². The molecule has 2 aromatic rings. The second kappa shape index (κ2) is 6.87. The van der Waals surface area contributed by atoms with Crippen LogP contribution < -0.4 is 0 Å². The van der Waals surface area contributed by atoms with E-state index in [2.05, 4.69) is 19.7 Å². The number of carbonyl (C=O) groups is 1. The number of rotatable bonds is 5. The molecule has 0 bridgehead atoms. The summed E-state index contributed by atoms with van der Waals surface area (Å²) < 4.78 is 19.6. The van der Waals surface area contributed by atoms with Crippen LogP contribution in [0.1, 0.15) is 29.0 Å². The number of esters is 1. The predicted octanol–water partition coefficient (Wildman–Crippen LogP) is 1.87. The summed E-state index contributed by atoms with van der Waals surface area (Å²) in [6.45, 7) is 1.51. The van der Waals surface area contributed by atoms with E-state index in [0.717, 1.165) is 31.4 Å². The first-order valence-electron chi connectivity index (χ1n) is 7.62. The van der Waals surface area contributed by atoms with Gasteiger partial charge < -0.3 is 4.74 Å². The molecule has 0 amide bonds. The van der Waals surface area contributed by atoms with Gasteiger partial charge in [-0.25, -0.2) is 18.9 Å². The van der Waals surface area contributed by atoms with Gasteiger partial charge in [-0.1, -0.05) is 12.1 Å². The van der Waals surface area contributed by atoms with E-state index >= 15 is 0 Å². The molecular formula is C16H19FN4O2. The Morgan fingerprint density at radius 2 is 2.35 bits per heavy atom. The molecule has 1 aromatic heterocycles. The van der Waals surface area contributed by atoms with Crippen molar-refractivity contribution in [2.24, 2.45) is 0 Å². The molecule has 1 aliphatic rings. The van der Waals surface area contributed by atoms with E-state index in [0.29, 0.717) is 12.7 Å². The van der Waals surface area contributed by atoms with Crippen molar-refractivity contribution in [3.05, 3.63) is 47.8 Å². The van der Waals surface area contributed by atoms with Crippen molar-refractivity contribution in [3.63, 3.8) is 0 Å². The summed E-state index contributed by atoms with van der Waals surface area (Å²) in [7, 11) is 1.30. The summed E-state index contributed by atoms with van der Waals surface area (Å²) in [6, 6.07) is 7.07. The molecule has 1 fully saturated rings. The average molecular weight is 318 g/mol. The number of methoxy groups -OCH3 is 1. The van der Waals surface area contributed by atoms with E-state index in [1.807, 2.05) is 6.07 Å². The quantitative estimate of drug-likeness (QED) is 0.788. The van der Waals surface area contributed by atoms with Crippen molar-refractivity contribution in [2.45, 2.75) is 32.0 Å². The summed E-state index contributed by atoms with van der Waals surface area (Å²) in [4.78, 5) is 17.6. The van der Waals surface area contributed by atoms with Crippen LogP contribution >= 0.6 is 0 Å². The molecule has 0 aliphatic carbocycles. The molecule has 0 radical (unpaired) electrons. The third-order valence-electron chi connectivity index (χ3n) is 4.09. The Morgan fingerprint density at radius 1 is 1.48 bits per heavy atom. The Balaban J connectivity index is 1.65. The molecule has 0 N–H and O–H groups in total. The highest BCUT2D eigenvalue weighted by molar-refractivity contribution is 5.84. The van der Waals surface area contributed by atoms with Gasteiger partial charge in [0, 0.05) is 12.6 Å². The van der Waals surface area contributed by atoms with Gasteiger partial charge in [0.05, 0.1) is 13.8 Å². The van der Waals surface area contributed by atoms with Crippen molar-refractivity contribution in [1.82, 2.24) is 19.7 Å². The third-order valence-corrected chi connectivity index (χ3v) is 4.09. The lowest BCUT2D eigenvalue weighted by Crippen LogP contribution is -2.33. The molecule has 2 heterocycles. The molecule has 1 atom stereocenters. The van der Waals surface area contributed by atoms with Crippen molar-refractivity contribution < 1.29 is 13.9 Å². The van der Waals surface area contributed by atoms with E-state index in [4.69, 9.17) is 0 Å². The fraction of sp³-hybridized carbons (Fsp3) is 0.438. The zero-order chi connectivity index (χ0) is 16.2. The molecule has 6 nitrogen and oxygen atoms in total. The van der Waals surface area contributed by atoms with Crippen molar-refractivity contribution in [3.8, 4) is 0 Å². The number of hydrogen-bond donors (Lipinski definition) is 0. The standard InChI is InChI=1S/C16H19FN4O2/c1-23-16(22)15-18-10-21(19-15)11-20-7-3-6-14(20)9-12-4-2-5-13(17)8-12/h2,4-5,8,10,14H,3,6-7,9,11H2,1H3/t14-/m0/s1. The SMILES string of the molecule is COC(=O)c1ncn(CN2CCC[C@H]2Cc2cccc(F)c2)n1. The van der Waals surface area contributed by atoms with Gasteiger partial charge >= 0.3 is 5.97 Å². The number of halogens is 1. The van der Waals surface area contributed by atoms with Crippen LogP contribution in [-0.4, -0.2) is 45.3 Å². The summed E-state index contributed by atoms with van der Waals surface area (Å²) >= 11 is 0. The Morgan fingerprint density at radius 3 is 3.13 bits per heavy atom. The predicted molar refractivity (Wildman–Crippen MR) is 81.2 cm³/mol. The summed E-state index contributed by atoms with van der Waals surface area (Å²) in [5.41, 5.74) is 0.996. The number of likely N-dealkylation sites (tertiary alicyclic amines) is 1. The molecule has 1 aromatic carbocycles. The van der Waals surface area contributed by atoms with Gasteiger partial charge in [0.25, 0.3) is 5.82 Å². The lowest BCUT2D eigenvalue weighted by atomic mass is 10.0. The van der Waals surface area contributed by atoms with Gasteiger partial charge in [-0.15, -0.1) is 5.10 Å². The molecule has 0 spiro atoms. The maximum atomic E-state index is 13.3. The molecule has 0 unspecified atom stereocenters. The number of carbonyl (C=O) groups excluding carboxylic acids is 1. The highest BCUT2D eigenvalue weighted by Crippen LogP contribution is 2.22. The van der Waals surface area contributed by atoms with E-state index in [1.54, 1.807) is 16.8 Å². The normalized spacial score (nSPS) is 18.3. The van der Waals surface area contributed by atoms with Crippen LogP contribution in [0.3, 0.4) is 0 Å². The molecule has 3 rings (SSSR count). The Hall–Kier alpha value is -2.28. The summed E-state index contributed by atoms with van der Waals surface area (Å²) in [6.07, 6.45) is 4.49. The maximum Gasteiger partial charge on any atom is 0.377 e. The highest BCUT2D eigenvalue weighted by atomic mass is 19.1. The monoisotopic (exact) mass is 318 g/mol. The van der Waals surface area contributed by atoms with Crippen LogP contribution in [0.4, 0.5) is 4.39 Å². The van der Waals surface area contributed by atoms with E-state index in [9.17, 15) is 9.18 Å². The number of nitrogens with zero attached hydrogens (tertiary/aromatic N) is 4. The topological polar surface area (TPSA) is 60.2 Å². The Kier molecular flexibility index (Phi) is 4.66. The first-order valence-corrected chi connectivity index (χ1v) is 7.62. The molecule has 0 saturated carbocycles. The number of aromatic nitrogens is 3.